The van der Waals surface area contributed by atoms with Crippen molar-refractivity contribution in [1.29, 1.82) is 0 Å². The summed E-state index contributed by atoms with van der Waals surface area (Å²) in [5.41, 5.74) is 14.1. The second kappa shape index (κ2) is 61.3. The highest BCUT2D eigenvalue weighted by molar-refractivity contribution is 6.00. The third-order valence-electron chi connectivity index (χ3n) is 25.2. The number of nitrogens with one attached hydrogen (secondary N) is 12. The summed E-state index contributed by atoms with van der Waals surface area (Å²) >= 11 is 0. The minimum Gasteiger partial charge on any atom is -0.481 e. The lowest BCUT2D eigenvalue weighted by molar-refractivity contribution is -0.143. The number of nitrogens with zero attached hydrogens (tertiary/aromatic N) is 5. The number of fused-ring (bicyclic) bond motifs is 1. The fourth-order valence-electron chi connectivity index (χ4n) is 17.3. The van der Waals surface area contributed by atoms with Crippen molar-refractivity contribution in [3.05, 3.63) is 138 Å². The second-order valence-electron chi connectivity index (χ2n) is 36.9. The van der Waals surface area contributed by atoms with Crippen LogP contribution < -0.4 is 70.0 Å². The molecular formula is C100H151N19O17. The average molecular weight is 1890 g/mol. The van der Waals surface area contributed by atoms with Gasteiger partial charge in [-0.15, -0.1) is 5.10 Å². The molecule has 0 bridgehead atoms. The van der Waals surface area contributed by atoms with E-state index in [1.165, 1.54) is 99.4 Å². The van der Waals surface area contributed by atoms with Gasteiger partial charge in [0.05, 0.1) is 30.2 Å². The first-order chi connectivity index (χ1) is 65.5. The number of Topliss-reactive ketones (excluding diaryl/α,β-unsaturated/α-hetero) is 1. The van der Waals surface area contributed by atoms with Gasteiger partial charge in [-0.25, -0.2) is 9.67 Å². The zero-order valence-corrected chi connectivity index (χ0v) is 80.5. The number of likely N-dealkylation sites (tertiary alicyclic amines) is 1. The largest absolute Gasteiger partial charge is 0.481 e. The smallest absolute Gasteiger partial charge is 0.303 e. The molecule has 1 fully saturated rings. The number of aromatic nitrogens is 5. The minimum atomic E-state index is -1.69. The van der Waals surface area contributed by atoms with E-state index in [1.54, 1.807) is 107 Å². The monoisotopic (exact) mass is 1890 g/mol. The molecule has 7 rings (SSSR count). The number of aliphatic hydroxyl groups is 1. The van der Waals surface area contributed by atoms with Crippen LogP contribution in [0.1, 0.15) is 287 Å². The summed E-state index contributed by atoms with van der Waals surface area (Å²) in [6.07, 6.45) is 22.0. The van der Waals surface area contributed by atoms with Crippen LogP contribution in [0.2, 0.25) is 0 Å². The maximum absolute atomic E-state index is 16.1. The van der Waals surface area contributed by atoms with E-state index in [9.17, 15) is 53.4 Å². The number of H-pyrrole nitrogens is 1. The molecule has 1 saturated heterocycles. The minimum absolute atomic E-state index is 0.000597. The number of aliphatic carboxylic acids is 1. The van der Waals surface area contributed by atoms with Gasteiger partial charge >= 0.3 is 5.97 Å². The molecule has 36 nitrogen and oxygen atoms in total. The van der Waals surface area contributed by atoms with Gasteiger partial charge in [0.1, 0.15) is 54.4 Å². The maximum Gasteiger partial charge on any atom is 0.303 e. The Hall–Kier alpha value is -11.8. The first kappa shape index (κ1) is 111. The van der Waals surface area contributed by atoms with Gasteiger partial charge in [-0.1, -0.05) is 221 Å². The molecule has 0 unspecified atom stereocenters. The number of amides is 13. The van der Waals surface area contributed by atoms with Crippen molar-refractivity contribution in [3.8, 4) is 0 Å². The summed E-state index contributed by atoms with van der Waals surface area (Å²) in [5, 5.41) is 60.5. The lowest BCUT2D eigenvalue weighted by Gasteiger charge is -2.35. The summed E-state index contributed by atoms with van der Waals surface area (Å²) in [4.78, 5) is 221. The summed E-state index contributed by atoms with van der Waals surface area (Å²) in [6.45, 7) is 11.6. The first-order valence-corrected chi connectivity index (χ1v) is 49.4. The number of carbonyl (C=O) groups is 15. The van der Waals surface area contributed by atoms with Crippen molar-refractivity contribution in [1.82, 2.24) is 88.3 Å². The van der Waals surface area contributed by atoms with Crippen LogP contribution in [0.15, 0.2) is 110 Å². The standard InChI is InChI=1S/C100H151N19O17/c1-7-9-10-11-12-13-14-15-16-17-18-19-30-47-83(122)104-53-35-23-31-48-84(123)105-54-36-33-45-77(95(131)111-76(92(102)128)44-32-34-52-101)109-86(125)61-73(58-69-38-24-20-25-39-69)108-94(130)79-51-56-119-75(64-107-117-119)62-80(97(133)114-89(67(5)8-2)99(135)112-79)113-98(134)81-46-37-55-118(81)100(136)91(88(70-40-26-21-27-41-70)71-42-28-22-29-43-71)116-93(129)72(59-74-63-103-65-106-74)60-82(121)90(68(6)120)115-96(132)78(49-50-87(126)127)110-85(124)57-66(3)4/h20-22,24-29,38-43,63-68,72-73,76-81,88-91,120H,7-19,23,30-37,44-62,101H2,1-6H3,(H2,102,128)(H,103,106)(H,104,122)(H,105,123)(H,108,130)(H,109,125)(H,110,124)(H,111,131)(H,112,135)(H,113,134)(H,114,133)(H,115,132)(H,116,129)(H,126,127)/t67-,68+,72+,73-,76+,77-,78-,79-,80-,81-,89-,90-,91-/m0/s1. The third kappa shape index (κ3) is 39.9. The summed E-state index contributed by atoms with van der Waals surface area (Å²) in [6, 6.07) is 13.3. The molecule has 2 aromatic heterocycles. The van der Waals surface area contributed by atoms with Crippen LogP contribution in [0.5, 0.6) is 0 Å². The number of aryl methyl sites for hydroxylation is 1. The predicted octanol–water partition coefficient (Wildman–Crippen LogP) is 6.98. The van der Waals surface area contributed by atoms with Crippen molar-refractivity contribution >= 4 is 88.5 Å². The number of primary amides is 1. The number of ketones is 1. The van der Waals surface area contributed by atoms with Crippen LogP contribution in [-0.4, -0.2) is 221 Å². The van der Waals surface area contributed by atoms with Crippen LogP contribution >= 0.6 is 0 Å². The normalized spacial score (nSPS) is 17.1. The highest BCUT2D eigenvalue weighted by atomic mass is 16.4. The van der Waals surface area contributed by atoms with E-state index < -0.39 is 174 Å². The van der Waals surface area contributed by atoms with Crippen LogP contribution in [-0.2, 0) is 97.7 Å². The van der Waals surface area contributed by atoms with Crippen LogP contribution in [0.3, 0.4) is 0 Å². The number of imidazole rings is 1. The maximum atomic E-state index is 16.1. The molecule has 3 aromatic carbocycles. The molecular weight excluding hydrogens is 1740 g/mol. The molecule has 13 amide bonds. The number of hydrogen-bond acceptors (Lipinski definition) is 20. The lowest BCUT2D eigenvalue weighted by Crippen LogP contribution is -2.61. The number of hydrogen-bond donors (Lipinski definition) is 16. The lowest BCUT2D eigenvalue weighted by atomic mass is 9.83. The Morgan fingerprint density at radius 3 is 1.68 bits per heavy atom. The third-order valence-corrected chi connectivity index (χ3v) is 25.2. The summed E-state index contributed by atoms with van der Waals surface area (Å²) < 4.78 is 1.42. The highest BCUT2D eigenvalue weighted by Crippen LogP contribution is 2.33. The molecule has 0 aliphatic carbocycles. The Balaban J connectivity index is 1.04. The van der Waals surface area contributed by atoms with E-state index in [0.717, 1.165) is 37.7 Å². The van der Waals surface area contributed by atoms with Crippen molar-refractivity contribution in [2.24, 2.45) is 29.2 Å². The van der Waals surface area contributed by atoms with Gasteiger partial charge in [0.2, 0.25) is 76.8 Å². The molecule has 0 radical (unpaired) electrons. The van der Waals surface area contributed by atoms with Crippen LogP contribution in [0.4, 0.5) is 0 Å². The van der Waals surface area contributed by atoms with E-state index in [1.807, 2.05) is 12.1 Å². The molecule has 2 aliphatic heterocycles. The van der Waals surface area contributed by atoms with E-state index in [4.69, 9.17) is 11.5 Å². The summed E-state index contributed by atoms with van der Waals surface area (Å²) in [7, 11) is 0. The molecule has 13 atom stereocenters. The van der Waals surface area contributed by atoms with Gasteiger partial charge in [-0.2, -0.15) is 0 Å². The Kier molecular flexibility index (Phi) is 50.1. The van der Waals surface area contributed by atoms with Gasteiger partial charge in [0.25, 0.3) is 0 Å². The number of aliphatic hydroxyl groups excluding tert-OH is 1. The Morgan fingerprint density at radius 1 is 0.544 bits per heavy atom. The fourth-order valence-corrected chi connectivity index (χ4v) is 17.3. The molecule has 36 heteroatoms. The topological polar surface area (TPSA) is 544 Å². The van der Waals surface area contributed by atoms with Gasteiger partial charge in [-0.05, 0) is 132 Å². The summed E-state index contributed by atoms with van der Waals surface area (Å²) in [5.74, 6) is -13.5. The predicted molar refractivity (Wildman–Crippen MR) is 514 cm³/mol. The molecule has 18 N–H and O–H groups in total. The number of carboxylic acid groups (broad SMARTS) is 1. The van der Waals surface area contributed by atoms with E-state index in [2.05, 4.69) is 85.7 Å². The molecule has 5 aromatic rings. The number of carboxylic acids is 1. The molecule has 136 heavy (non-hydrogen) atoms. The van der Waals surface area contributed by atoms with Crippen molar-refractivity contribution in [3.63, 3.8) is 0 Å². The Bertz CT molecular complexity index is 4500. The zero-order chi connectivity index (χ0) is 98.7. The van der Waals surface area contributed by atoms with E-state index in [-0.39, 0.29) is 114 Å². The van der Waals surface area contributed by atoms with Crippen LogP contribution in [0.25, 0.3) is 0 Å². The van der Waals surface area contributed by atoms with Crippen molar-refractivity contribution < 1.29 is 82.1 Å². The van der Waals surface area contributed by atoms with Crippen molar-refractivity contribution in [2.75, 3.05) is 26.2 Å². The average Bonchev–Trinajstić information content (AvgIpc) is 0.870. The molecule has 2 aliphatic rings. The Morgan fingerprint density at radius 2 is 1.10 bits per heavy atom. The van der Waals surface area contributed by atoms with Gasteiger partial charge in [0, 0.05) is 101 Å². The van der Waals surface area contributed by atoms with Crippen molar-refractivity contribution in [2.45, 2.75) is 352 Å². The van der Waals surface area contributed by atoms with Crippen LogP contribution in [0, 0.1) is 17.8 Å². The first-order valence-electron chi connectivity index (χ1n) is 49.4. The van der Waals surface area contributed by atoms with Gasteiger partial charge in [-0.3, -0.25) is 71.9 Å². The molecule has 748 valence electrons. The number of aromatic amines is 1. The quantitative estimate of drug-likeness (QED) is 0.0174. The van der Waals surface area contributed by atoms with Gasteiger partial charge < -0.3 is 90.0 Å². The number of unbranched alkanes of at least 4 members (excludes halogenated alkanes) is 16. The Labute approximate surface area is 799 Å². The molecule has 0 saturated carbocycles. The number of nitrogens with two attached hydrogens (primary N) is 2. The highest BCUT2D eigenvalue weighted by Gasteiger charge is 2.45. The zero-order valence-electron chi connectivity index (χ0n) is 80.5. The second-order valence-corrected chi connectivity index (χ2v) is 36.9. The number of carbonyl (C=O) groups excluding carboxylic acids is 14. The fraction of sp³-hybridized carbons (Fsp3) is 0.620. The van der Waals surface area contributed by atoms with E-state index in [0.29, 0.717) is 80.6 Å². The van der Waals surface area contributed by atoms with Gasteiger partial charge in [0.15, 0.2) is 5.78 Å². The molecule has 4 heterocycles. The number of rotatable bonds is 63. The van der Waals surface area contributed by atoms with E-state index >= 15 is 28.8 Å². The SMILES string of the molecule is CCCCCCCCCCCCCCCC(=O)NCCCCCC(=O)NCCCC[C@H](NC(=O)C[C@H](Cc1ccccc1)NC(=O)[C@@H]1CCn2nncc2C[C@H](NC(=O)[C@@H]2CCCN2C(=O)[C@@H](NC(=O)[C@@H](CC(=O)[C@@H](NC(=O)[C@H](CCC(=O)O)NC(=O)CC(C)C)[C@@H](C)O)Cc2cnc[nH]2)C(c2ccccc2)c2ccccc2)C(=O)N[C@@H]([C@@H](C)CC)C(=O)N1)C(=O)N[C@H](CCCCN)C(N)=O. The number of benzene rings is 3. The molecule has 0 spiro atoms.